The van der Waals surface area contributed by atoms with Crippen LogP contribution in [0.1, 0.15) is 24.5 Å². The highest BCUT2D eigenvalue weighted by molar-refractivity contribution is 5.77. The minimum atomic E-state index is -0.970. The Hall–Kier alpha value is -2.02. The molecule has 0 aliphatic carbocycles. The van der Waals surface area contributed by atoms with Crippen LogP contribution in [0.15, 0.2) is 16.5 Å². The van der Waals surface area contributed by atoms with Gasteiger partial charge in [0.2, 0.25) is 0 Å². The zero-order valence-corrected chi connectivity index (χ0v) is 11.4. The molecule has 0 saturated carbocycles. The molecule has 2 amide bonds. The first-order chi connectivity index (χ1) is 9.47. The molecule has 0 spiro atoms. The number of hydrogen-bond acceptors (Lipinski definition) is 4. The lowest BCUT2D eigenvalue weighted by molar-refractivity contribution is -0.142. The van der Waals surface area contributed by atoms with E-state index in [4.69, 9.17) is 14.3 Å². The minimum absolute atomic E-state index is 0.118. The summed E-state index contributed by atoms with van der Waals surface area (Å²) in [7, 11) is 0. The number of carbonyl (C=O) groups is 2. The van der Waals surface area contributed by atoms with Crippen molar-refractivity contribution in [2.24, 2.45) is 5.92 Å². The highest BCUT2D eigenvalue weighted by Gasteiger charge is 2.35. The Morgan fingerprint density at radius 1 is 1.40 bits per heavy atom. The number of aryl methyl sites for hydroxylation is 1. The summed E-state index contributed by atoms with van der Waals surface area (Å²) in [6.07, 6.45) is 0. The number of nitrogens with one attached hydrogen (secondary N) is 2. The van der Waals surface area contributed by atoms with Crippen molar-refractivity contribution in [2.45, 2.75) is 25.9 Å². The highest BCUT2D eigenvalue weighted by atomic mass is 16.5. The van der Waals surface area contributed by atoms with Gasteiger partial charge in [-0.25, -0.2) is 4.79 Å². The maximum atomic E-state index is 11.8. The predicted molar refractivity (Wildman–Crippen MR) is 69.3 cm³/mol. The number of aliphatic carboxylic acids is 1. The summed E-state index contributed by atoms with van der Waals surface area (Å²) in [4.78, 5) is 22.8. The van der Waals surface area contributed by atoms with Gasteiger partial charge in [0.15, 0.2) is 0 Å². The number of amides is 2. The molecule has 2 rings (SSSR count). The van der Waals surface area contributed by atoms with Crippen LogP contribution in [-0.2, 0) is 9.53 Å². The van der Waals surface area contributed by atoms with E-state index in [2.05, 4.69) is 10.6 Å². The minimum Gasteiger partial charge on any atom is -0.481 e. The monoisotopic (exact) mass is 282 g/mol. The Labute approximate surface area is 116 Å². The lowest BCUT2D eigenvalue weighted by atomic mass is 10.0. The maximum absolute atomic E-state index is 11.8. The van der Waals surface area contributed by atoms with E-state index < -0.39 is 24.0 Å². The smallest absolute Gasteiger partial charge is 0.315 e. The average molecular weight is 282 g/mol. The van der Waals surface area contributed by atoms with Gasteiger partial charge in [-0.1, -0.05) is 0 Å². The van der Waals surface area contributed by atoms with E-state index in [1.807, 2.05) is 13.0 Å². The zero-order chi connectivity index (χ0) is 14.7. The van der Waals surface area contributed by atoms with Crippen molar-refractivity contribution in [1.82, 2.24) is 10.6 Å². The topological polar surface area (TPSA) is 101 Å². The van der Waals surface area contributed by atoms with E-state index in [0.717, 1.165) is 5.76 Å². The summed E-state index contributed by atoms with van der Waals surface area (Å²) in [5.41, 5.74) is 0. The van der Waals surface area contributed by atoms with E-state index >= 15 is 0 Å². The molecule has 7 heteroatoms. The van der Waals surface area contributed by atoms with Crippen LogP contribution >= 0.6 is 0 Å². The van der Waals surface area contributed by atoms with Gasteiger partial charge in [-0.2, -0.15) is 0 Å². The molecule has 1 saturated heterocycles. The Balaban J connectivity index is 1.87. The van der Waals surface area contributed by atoms with Crippen LogP contribution in [0.25, 0.3) is 0 Å². The first-order valence-corrected chi connectivity index (χ1v) is 6.41. The number of carboxylic acid groups (broad SMARTS) is 1. The van der Waals surface area contributed by atoms with Crippen molar-refractivity contribution in [3.63, 3.8) is 0 Å². The second-order valence-electron chi connectivity index (χ2n) is 4.88. The second kappa shape index (κ2) is 5.96. The molecule has 1 aliphatic rings. The zero-order valence-electron chi connectivity index (χ0n) is 11.4. The maximum Gasteiger partial charge on any atom is 0.315 e. The lowest BCUT2D eigenvalue weighted by Crippen LogP contribution is -2.47. The number of rotatable bonds is 4. The van der Waals surface area contributed by atoms with Crippen LogP contribution in [0.2, 0.25) is 0 Å². The number of furan rings is 1. The largest absolute Gasteiger partial charge is 0.481 e. The van der Waals surface area contributed by atoms with Gasteiger partial charge in [0.25, 0.3) is 0 Å². The van der Waals surface area contributed by atoms with Crippen LogP contribution in [0.3, 0.4) is 0 Å². The first kappa shape index (κ1) is 14.4. The molecule has 1 aliphatic heterocycles. The summed E-state index contributed by atoms with van der Waals surface area (Å²) >= 11 is 0. The Bertz CT molecular complexity index is 499. The standard InChI is InChI=1S/C13H18N2O5/c1-7-3-4-11(20-7)8(2)14-13(18)15-10-6-19-5-9(10)12(16)17/h3-4,8-10H,5-6H2,1-2H3,(H,16,17)(H2,14,15,18). The van der Waals surface area contributed by atoms with Gasteiger partial charge in [-0.15, -0.1) is 0 Å². The van der Waals surface area contributed by atoms with Gasteiger partial charge in [0.1, 0.15) is 17.4 Å². The number of hydrogen-bond donors (Lipinski definition) is 3. The summed E-state index contributed by atoms with van der Waals surface area (Å²) in [6.45, 7) is 3.94. The highest BCUT2D eigenvalue weighted by Crippen LogP contribution is 2.16. The fraction of sp³-hybridized carbons (Fsp3) is 0.538. The molecule has 3 N–H and O–H groups in total. The van der Waals surface area contributed by atoms with Crippen molar-refractivity contribution < 1.29 is 23.8 Å². The molecule has 0 bridgehead atoms. The van der Waals surface area contributed by atoms with Crippen molar-refractivity contribution in [2.75, 3.05) is 13.2 Å². The van der Waals surface area contributed by atoms with Crippen molar-refractivity contribution in [3.05, 3.63) is 23.7 Å². The van der Waals surface area contributed by atoms with E-state index in [0.29, 0.717) is 5.76 Å². The molecule has 1 fully saturated rings. The van der Waals surface area contributed by atoms with Gasteiger partial charge in [0.05, 0.1) is 25.3 Å². The molecule has 1 aromatic rings. The number of carboxylic acids is 1. The molecule has 0 aromatic carbocycles. The normalized spacial score (nSPS) is 23.3. The third kappa shape index (κ3) is 3.30. The third-order valence-electron chi connectivity index (χ3n) is 3.25. The molecule has 3 atom stereocenters. The molecule has 0 radical (unpaired) electrons. The van der Waals surface area contributed by atoms with E-state index in [-0.39, 0.29) is 19.3 Å². The Kier molecular flexibility index (Phi) is 4.29. The fourth-order valence-electron chi connectivity index (χ4n) is 2.10. The molecule has 1 aromatic heterocycles. The fourth-order valence-corrected chi connectivity index (χ4v) is 2.10. The van der Waals surface area contributed by atoms with Gasteiger partial charge in [-0.05, 0) is 26.0 Å². The molecular formula is C13H18N2O5. The van der Waals surface area contributed by atoms with Crippen molar-refractivity contribution in [1.29, 1.82) is 0 Å². The van der Waals surface area contributed by atoms with Gasteiger partial charge in [0, 0.05) is 0 Å². The van der Waals surface area contributed by atoms with Crippen LogP contribution < -0.4 is 10.6 Å². The average Bonchev–Trinajstić information content (AvgIpc) is 2.97. The Morgan fingerprint density at radius 2 is 2.15 bits per heavy atom. The summed E-state index contributed by atoms with van der Waals surface area (Å²) < 4.78 is 10.5. The van der Waals surface area contributed by atoms with Gasteiger partial charge >= 0.3 is 12.0 Å². The van der Waals surface area contributed by atoms with Gasteiger partial charge < -0.3 is 24.9 Å². The lowest BCUT2D eigenvalue weighted by Gasteiger charge is -2.18. The van der Waals surface area contributed by atoms with Crippen LogP contribution in [0.4, 0.5) is 4.79 Å². The van der Waals surface area contributed by atoms with E-state index in [9.17, 15) is 9.59 Å². The van der Waals surface area contributed by atoms with Crippen LogP contribution in [0.5, 0.6) is 0 Å². The summed E-state index contributed by atoms with van der Waals surface area (Å²) in [6, 6.07) is 2.36. The molecule has 110 valence electrons. The predicted octanol–water partition coefficient (Wildman–Crippen LogP) is 1.05. The summed E-state index contributed by atoms with van der Waals surface area (Å²) in [5.74, 6) is -0.260. The number of urea groups is 1. The molecule has 2 heterocycles. The van der Waals surface area contributed by atoms with Crippen molar-refractivity contribution in [3.8, 4) is 0 Å². The van der Waals surface area contributed by atoms with Crippen molar-refractivity contribution >= 4 is 12.0 Å². The molecular weight excluding hydrogens is 264 g/mol. The Morgan fingerprint density at radius 3 is 2.75 bits per heavy atom. The quantitative estimate of drug-likeness (QED) is 0.766. The van der Waals surface area contributed by atoms with E-state index in [1.165, 1.54) is 0 Å². The second-order valence-corrected chi connectivity index (χ2v) is 4.88. The van der Waals surface area contributed by atoms with Crippen LogP contribution in [0, 0.1) is 12.8 Å². The third-order valence-corrected chi connectivity index (χ3v) is 3.25. The molecule has 20 heavy (non-hydrogen) atoms. The summed E-state index contributed by atoms with van der Waals surface area (Å²) in [5, 5.41) is 14.3. The molecule has 7 nitrogen and oxygen atoms in total. The number of ether oxygens (including phenoxy) is 1. The first-order valence-electron chi connectivity index (χ1n) is 6.41. The SMILES string of the molecule is Cc1ccc(C(C)NC(=O)NC2COCC2C(=O)O)o1. The van der Waals surface area contributed by atoms with Gasteiger partial charge in [-0.3, -0.25) is 4.79 Å². The van der Waals surface area contributed by atoms with E-state index in [1.54, 1.807) is 13.0 Å². The van der Waals surface area contributed by atoms with Crippen LogP contribution in [-0.4, -0.2) is 36.4 Å². The number of carbonyl (C=O) groups excluding carboxylic acids is 1. The molecule has 3 unspecified atom stereocenters.